The SMILES string of the molecule is CCCCC(C(=O)N(C)c1ccccc1)c1cc2ccccc2o1. The van der Waals surface area contributed by atoms with Gasteiger partial charge in [-0.2, -0.15) is 0 Å². The van der Waals surface area contributed by atoms with Gasteiger partial charge < -0.3 is 9.32 Å². The molecule has 24 heavy (non-hydrogen) atoms. The number of fused-ring (bicyclic) bond motifs is 1. The van der Waals surface area contributed by atoms with Crippen LogP contribution in [0.25, 0.3) is 11.0 Å². The van der Waals surface area contributed by atoms with Crippen LogP contribution in [0.5, 0.6) is 0 Å². The van der Waals surface area contributed by atoms with Crippen molar-refractivity contribution >= 4 is 22.6 Å². The van der Waals surface area contributed by atoms with Crippen molar-refractivity contribution in [3.8, 4) is 0 Å². The first-order chi connectivity index (χ1) is 11.7. The van der Waals surface area contributed by atoms with Gasteiger partial charge in [0, 0.05) is 18.1 Å². The fourth-order valence-electron chi connectivity index (χ4n) is 2.98. The molecule has 1 unspecified atom stereocenters. The van der Waals surface area contributed by atoms with Gasteiger partial charge in [-0.15, -0.1) is 0 Å². The summed E-state index contributed by atoms with van der Waals surface area (Å²) in [5.41, 5.74) is 1.74. The van der Waals surface area contributed by atoms with Crippen LogP contribution in [0.15, 0.2) is 65.1 Å². The number of benzene rings is 2. The summed E-state index contributed by atoms with van der Waals surface area (Å²) < 4.78 is 5.99. The Morgan fingerprint density at radius 1 is 1.08 bits per heavy atom. The van der Waals surface area contributed by atoms with Crippen LogP contribution in [0.2, 0.25) is 0 Å². The molecule has 0 aliphatic carbocycles. The fourth-order valence-corrected chi connectivity index (χ4v) is 2.98. The first-order valence-electron chi connectivity index (χ1n) is 8.51. The molecular weight excluding hydrogens is 298 g/mol. The van der Waals surface area contributed by atoms with E-state index in [1.165, 1.54) is 0 Å². The van der Waals surface area contributed by atoms with Crippen LogP contribution in [0, 0.1) is 0 Å². The highest BCUT2D eigenvalue weighted by Crippen LogP contribution is 2.31. The third-order valence-electron chi connectivity index (χ3n) is 4.41. The second-order valence-electron chi connectivity index (χ2n) is 6.11. The monoisotopic (exact) mass is 321 g/mol. The fraction of sp³-hybridized carbons (Fsp3) is 0.286. The zero-order valence-corrected chi connectivity index (χ0v) is 14.2. The number of para-hydroxylation sites is 2. The Bertz CT molecular complexity index is 774. The molecule has 0 saturated carbocycles. The molecule has 1 aromatic heterocycles. The van der Waals surface area contributed by atoms with Crippen molar-refractivity contribution in [2.45, 2.75) is 32.1 Å². The van der Waals surface area contributed by atoms with Crippen LogP contribution >= 0.6 is 0 Å². The number of carbonyl (C=O) groups is 1. The van der Waals surface area contributed by atoms with Crippen molar-refractivity contribution in [3.63, 3.8) is 0 Å². The molecule has 0 spiro atoms. The molecule has 0 radical (unpaired) electrons. The lowest BCUT2D eigenvalue weighted by molar-refractivity contribution is -0.120. The van der Waals surface area contributed by atoms with E-state index < -0.39 is 0 Å². The predicted octanol–water partition coefficient (Wildman–Crippen LogP) is 5.37. The van der Waals surface area contributed by atoms with Crippen LogP contribution in [0.3, 0.4) is 0 Å². The van der Waals surface area contributed by atoms with Gasteiger partial charge in [-0.3, -0.25) is 4.79 Å². The number of nitrogens with zero attached hydrogens (tertiary/aromatic N) is 1. The van der Waals surface area contributed by atoms with E-state index in [9.17, 15) is 4.79 Å². The first-order valence-corrected chi connectivity index (χ1v) is 8.51. The maximum atomic E-state index is 13.1. The number of hydrogen-bond donors (Lipinski definition) is 0. The Balaban J connectivity index is 1.92. The standard InChI is InChI=1S/C21H23NO2/c1-3-4-13-18(20-15-16-10-8-9-14-19(16)24-20)21(23)22(2)17-11-6-5-7-12-17/h5-12,14-15,18H,3-4,13H2,1-2H3. The van der Waals surface area contributed by atoms with E-state index in [0.717, 1.165) is 41.7 Å². The number of hydrogen-bond acceptors (Lipinski definition) is 2. The predicted molar refractivity (Wildman–Crippen MR) is 98.3 cm³/mol. The summed E-state index contributed by atoms with van der Waals surface area (Å²) in [6, 6.07) is 19.7. The first kappa shape index (κ1) is 16.3. The number of rotatable bonds is 6. The molecular formula is C21H23NO2. The summed E-state index contributed by atoms with van der Waals surface area (Å²) >= 11 is 0. The molecule has 1 atom stereocenters. The molecule has 1 amide bonds. The minimum atomic E-state index is -0.248. The average molecular weight is 321 g/mol. The number of furan rings is 1. The van der Waals surface area contributed by atoms with Crippen LogP contribution in [-0.4, -0.2) is 13.0 Å². The minimum Gasteiger partial charge on any atom is -0.460 e. The molecule has 0 saturated heterocycles. The molecule has 3 rings (SSSR count). The van der Waals surface area contributed by atoms with E-state index in [-0.39, 0.29) is 11.8 Å². The number of anilines is 1. The molecule has 0 aliphatic heterocycles. The number of amides is 1. The number of likely N-dealkylation sites (N-methyl/N-ethyl adjacent to an activating group) is 1. The molecule has 3 nitrogen and oxygen atoms in total. The van der Waals surface area contributed by atoms with E-state index in [4.69, 9.17) is 4.42 Å². The van der Waals surface area contributed by atoms with Gasteiger partial charge in [0.2, 0.25) is 5.91 Å². The van der Waals surface area contributed by atoms with Crippen molar-refractivity contribution in [3.05, 3.63) is 66.4 Å². The summed E-state index contributed by atoms with van der Waals surface area (Å²) in [5, 5.41) is 1.05. The molecule has 124 valence electrons. The molecule has 0 N–H and O–H groups in total. The van der Waals surface area contributed by atoms with Gasteiger partial charge in [-0.25, -0.2) is 0 Å². The van der Waals surface area contributed by atoms with Gasteiger partial charge in [-0.05, 0) is 30.7 Å². The minimum absolute atomic E-state index is 0.0775. The maximum Gasteiger partial charge on any atom is 0.237 e. The van der Waals surface area contributed by atoms with E-state index in [1.807, 2.05) is 67.7 Å². The average Bonchev–Trinajstić information content (AvgIpc) is 3.05. The van der Waals surface area contributed by atoms with Crippen LogP contribution < -0.4 is 4.90 Å². The van der Waals surface area contributed by atoms with Crippen LogP contribution in [0.1, 0.15) is 37.9 Å². The van der Waals surface area contributed by atoms with Crippen molar-refractivity contribution in [1.29, 1.82) is 0 Å². The molecule has 3 heteroatoms. The largest absolute Gasteiger partial charge is 0.460 e. The zero-order chi connectivity index (χ0) is 16.9. The number of carbonyl (C=O) groups excluding carboxylic acids is 1. The van der Waals surface area contributed by atoms with Crippen LogP contribution in [0.4, 0.5) is 5.69 Å². The molecule has 0 fully saturated rings. The van der Waals surface area contributed by atoms with Crippen molar-refractivity contribution in [2.75, 3.05) is 11.9 Å². The van der Waals surface area contributed by atoms with Crippen molar-refractivity contribution < 1.29 is 9.21 Å². The summed E-state index contributed by atoms with van der Waals surface area (Å²) in [6.07, 6.45) is 2.85. The normalized spacial score (nSPS) is 12.2. The van der Waals surface area contributed by atoms with Gasteiger partial charge in [0.05, 0.1) is 5.92 Å². The highest BCUT2D eigenvalue weighted by atomic mass is 16.3. The van der Waals surface area contributed by atoms with Crippen molar-refractivity contribution in [1.82, 2.24) is 0 Å². The zero-order valence-electron chi connectivity index (χ0n) is 14.2. The molecule has 2 aromatic carbocycles. The Labute approximate surface area is 142 Å². The Morgan fingerprint density at radius 3 is 2.50 bits per heavy atom. The quantitative estimate of drug-likeness (QED) is 0.611. The lowest BCUT2D eigenvalue weighted by atomic mass is 9.97. The van der Waals surface area contributed by atoms with Gasteiger partial charge >= 0.3 is 0 Å². The molecule has 3 aromatic rings. The maximum absolute atomic E-state index is 13.1. The van der Waals surface area contributed by atoms with Gasteiger partial charge in [0.1, 0.15) is 11.3 Å². The summed E-state index contributed by atoms with van der Waals surface area (Å²) in [6.45, 7) is 2.14. The van der Waals surface area contributed by atoms with Crippen LogP contribution in [-0.2, 0) is 4.79 Å². The van der Waals surface area contributed by atoms with Gasteiger partial charge in [-0.1, -0.05) is 56.2 Å². The summed E-state index contributed by atoms with van der Waals surface area (Å²) in [5.74, 6) is 0.591. The third-order valence-corrected chi connectivity index (χ3v) is 4.41. The Morgan fingerprint density at radius 2 is 1.79 bits per heavy atom. The number of unbranched alkanes of at least 4 members (excludes halogenated alkanes) is 1. The molecule has 1 heterocycles. The van der Waals surface area contributed by atoms with E-state index in [1.54, 1.807) is 4.90 Å². The Hall–Kier alpha value is -2.55. The van der Waals surface area contributed by atoms with Gasteiger partial charge in [0.15, 0.2) is 0 Å². The lowest BCUT2D eigenvalue weighted by Crippen LogP contribution is -2.31. The smallest absolute Gasteiger partial charge is 0.237 e. The van der Waals surface area contributed by atoms with E-state index in [2.05, 4.69) is 6.92 Å². The van der Waals surface area contributed by atoms with Crippen molar-refractivity contribution in [2.24, 2.45) is 0 Å². The highest BCUT2D eigenvalue weighted by molar-refractivity contribution is 5.97. The van der Waals surface area contributed by atoms with Gasteiger partial charge in [0.25, 0.3) is 0 Å². The highest BCUT2D eigenvalue weighted by Gasteiger charge is 2.27. The molecule has 0 bridgehead atoms. The summed E-state index contributed by atoms with van der Waals surface area (Å²) in [7, 11) is 1.83. The van der Waals surface area contributed by atoms with E-state index >= 15 is 0 Å². The van der Waals surface area contributed by atoms with E-state index in [0.29, 0.717) is 0 Å². The topological polar surface area (TPSA) is 33.5 Å². The third kappa shape index (κ3) is 3.35. The second kappa shape index (κ2) is 7.35. The second-order valence-corrected chi connectivity index (χ2v) is 6.11. The Kier molecular flexibility index (Phi) is 4.99. The summed E-state index contributed by atoms with van der Waals surface area (Å²) in [4.78, 5) is 14.8. The lowest BCUT2D eigenvalue weighted by Gasteiger charge is -2.22. The molecule has 0 aliphatic rings.